The van der Waals surface area contributed by atoms with Gasteiger partial charge in [0.05, 0.1) is 25.9 Å². The summed E-state index contributed by atoms with van der Waals surface area (Å²) in [6.45, 7) is 0. The van der Waals surface area contributed by atoms with Crippen LogP contribution in [0.15, 0.2) is 42.6 Å². The summed E-state index contributed by atoms with van der Waals surface area (Å²) in [5, 5.41) is 12.0. The van der Waals surface area contributed by atoms with Crippen LogP contribution in [-0.2, 0) is 0 Å². The van der Waals surface area contributed by atoms with E-state index in [2.05, 4.69) is 20.5 Å². The molecule has 0 aliphatic heterocycles. The number of hydrogen-bond donors (Lipinski definition) is 2. The Hall–Kier alpha value is -3.35. The molecule has 7 heteroatoms. The van der Waals surface area contributed by atoms with Gasteiger partial charge < -0.3 is 14.8 Å². The van der Waals surface area contributed by atoms with E-state index in [1.807, 2.05) is 6.07 Å². The second kappa shape index (κ2) is 5.94. The fourth-order valence-electron chi connectivity index (χ4n) is 2.81. The first kappa shape index (κ1) is 15.2. The van der Waals surface area contributed by atoms with E-state index < -0.39 is 0 Å². The van der Waals surface area contributed by atoms with Gasteiger partial charge in [-0.05, 0) is 24.3 Å². The van der Waals surface area contributed by atoms with Gasteiger partial charge >= 0.3 is 0 Å². The standard InChI is InChI=1S/C18H15FN4O2/c1-24-15-6-4-11(8-16(15)25-2)21-18-17-13(9-20-23-17)12-5-3-10(19)7-14(12)22-18/h3-9H,1-2H3,(H,20,23)(H,21,22). The van der Waals surface area contributed by atoms with Gasteiger partial charge in [0, 0.05) is 28.6 Å². The second-order valence-corrected chi connectivity index (χ2v) is 5.48. The number of nitrogens with one attached hydrogen (secondary N) is 2. The molecule has 2 heterocycles. The van der Waals surface area contributed by atoms with Crippen molar-refractivity contribution in [3.63, 3.8) is 0 Å². The normalized spacial score (nSPS) is 11.0. The van der Waals surface area contributed by atoms with Gasteiger partial charge in [-0.1, -0.05) is 0 Å². The van der Waals surface area contributed by atoms with Crippen molar-refractivity contribution in [2.75, 3.05) is 19.5 Å². The average Bonchev–Trinajstić information content (AvgIpc) is 3.11. The van der Waals surface area contributed by atoms with Crippen molar-refractivity contribution in [3.8, 4) is 11.5 Å². The maximum Gasteiger partial charge on any atom is 0.162 e. The van der Waals surface area contributed by atoms with Gasteiger partial charge in [0.15, 0.2) is 17.3 Å². The van der Waals surface area contributed by atoms with E-state index >= 15 is 0 Å². The van der Waals surface area contributed by atoms with Crippen molar-refractivity contribution in [1.82, 2.24) is 15.2 Å². The topological polar surface area (TPSA) is 72.1 Å². The molecule has 126 valence electrons. The number of pyridine rings is 1. The molecule has 0 aliphatic rings. The molecule has 0 saturated heterocycles. The van der Waals surface area contributed by atoms with Crippen LogP contribution in [0.2, 0.25) is 0 Å². The first-order chi connectivity index (χ1) is 12.2. The highest BCUT2D eigenvalue weighted by Crippen LogP contribution is 2.33. The molecule has 0 fully saturated rings. The molecule has 2 aromatic carbocycles. The van der Waals surface area contributed by atoms with Gasteiger partial charge in [-0.2, -0.15) is 5.10 Å². The van der Waals surface area contributed by atoms with Crippen LogP contribution >= 0.6 is 0 Å². The number of aromatic amines is 1. The van der Waals surface area contributed by atoms with Crippen molar-refractivity contribution in [2.45, 2.75) is 0 Å². The highest BCUT2D eigenvalue weighted by atomic mass is 19.1. The highest BCUT2D eigenvalue weighted by Gasteiger charge is 2.12. The Labute approximate surface area is 142 Å². The predicted octanol–water partition coefficient (Wildman–Crippen LogP) is 4.01. The van der Waals surface area contributed by atoms with E-state index in [1.165, 1.54) is 12.1 Å². The predicted molar refractivity (Wildman–Crippen MR) is 94.2 cm³/mol. The summed E-state index contributed by atoms with van der Waals surface area (Å²) in [6.07, 6.45) is 1.71. The van der Waals surface area contributed by atoms with Crippen molar-refractivity contribution >= 4 is 33.3 Å². The fourth-order valence-corrected chi connectivity index (χ4v) is 2.81. The highest BCUT2D eigenvalue weighted by molar-refractivity contribution is 6.08. The maximum atomic E-state index is 13.6. The molecule has 4 aromatic rings. The van der Waals surface area contributed by atoms with Crippen molar-refractivity contribution in [3.05, 3.63) is 48.4 Å². The Balaban J connectivity index is 1.84. The van der Waals surface area contributed by atoms with Gasteiger partial charge in [0.2, 0.25) is 0 Å². The number of fused-ring (bicyclic) bond motifs is 3. The number of H-pyrrole nitrogens is 1. The summed E-state index contributed by atoms with van der Waals surface area (Å²) in [7, 11) is 3.16. The summed E-state index contributed by atoms with van der Waals surface area (Å²) < 4.78 is 24.2. The van der Waals surface area contributed by atoms with Crippen LogP contribution in [0.4, 0.5) is 15.9 Å². The summed E-state index contributed by atoms with van der Waals surface area (Å²) in [5.74, 6) is 1.45. The molecule has 6 nitrogen and oxygen atoms in total. The van der Waals surface area contributed by atoms with Crippen LogP contribution in [0.25, 0.3) is 21.8 Å². The van der Waals surface area contributed by atoms with E-state index in [1.54, 1.807) is 38.6 Å². The van der Waals surface area contributed by atoms with Gasteiger partial charge in [-0.25, -0.2) is 9.37 Å². The number of methoxy groups -OCH3 is 2. The molecule has 0 radical (unpaired) electrons. The summed E-state index contributed by atoms with van der Waals surface area (Å²) >= 11 is 0. The zero-order valence-electron chi connectivity index (χ0n) is 13.6. The average molecular weight is 338 g/mol. The molecule has 2 N–H and O–H groups in total. The van der Waals surface area contributed by atoms with E-state index in [0.717, 1.165) is 22.0 Å². The number of hydrogen-bond acceptors (Lipinski definition) is 5. The van der Waals surface area contributed by atoms with Crippen LogP contribution in [-0.4, -0.2) is 29.4 Å². The lowest BCUT2D eigenvalue weighted by Gasteiger charge is -2.12. The molecule has 25 heavy (non-hydrogen) atoms. The minimum absolute atomic E-state index is 0.333. The number of halogens is 1. The summed E-state index contributed by atoms with van der Waals surface area (Å²) in [6, 6.07) is 9.97. The number of ether oxygens (including phenoxy) is 2. The zero-order valence-corrected chi connectivity index (χ0v) is 13.6. The van der Waals surface area contributed by atoms with Gasteiger partial charge in [-0.15, -0.1) is 0 Å². The Morgan fingerprint density at radius 1 is 1.00 bits per heavy atom. The molecule has 0 bridgehead atoms. The molecular formula is C18H15FN4O2. The summed E-state index contributed by atoms with van der Waals surface area (Å²) in [5.41, 5.74) is 2.06. The molecule has 0 amide bonds. The second-order valence-electron chi connectivity index (χ2n) is 5.48. The SMILES string of the molecule is COc1ccc(Nc2nc3cc(F)ccc3c3cn[nH]c23)cc1OC. The number of benzene rings is 2. The van der Waals surface area contributed by atoms with E-state index in [9.17, 15) is 4.39 Å². The zero-order chi connectivity index (χ0) is 17.4. The maximum absolute atomic E-state index is 13.6. The van der Waals surface area contributed by atoms with E-state index in [0.29, 0.717) is 22.8 Å². The Morgan fingerprint density at radius 2 is 1.84 bits per heavy atom. The van der Waals surface area contributed by atoms with Crippen LogP contribution in [0.1, 0.15) is 0 Å². The molecule has 0 aliphatic carbocycles. The molecule has 4 rings (SSSR count). The minimum Gasteiger partial charge on any atom is -0.493 e. The van der Waals surface area contributed by atoms with Crippen molar-refractivity contribution in [1.29, 1.82) is 0 Å². The number of rotatable bonds is 4. The molecule has 0 spiro atoms. The van der Waals surface area contributed by atoms with E-state index in [4.69, 9.17) is 9.47 Å². The largest absolute Gasteiger partial charge is 0.493 e. The monoisotopic (exact) mass is 338 g/mol. The van der Waals surface area contributed by atoms with Gasteiger partial charge in [-0.3, -0.25) is 5.10 Å². The van der Waals surface area contributed by atoms with Gasteiger partial charge in [0.1, 0.15) is 11.3 Å². The Morgan fingerprint density at radius 3 is 2.64 bits per heavy atom. The Kier molecular flexibility index (Phi) is 3.61. The Bertz CT molecular complexity index is 1080. The molecule has 0 atom stereocenters. The lowest BCUT2D eigenvalue weighted by Crippen LogP contribution is -1.98. The number of anilines is 2. The van der Waals surface area contributed by atoms with Crippen molar-refractivity contribution < 1.29 is 13.9 Å². The first-order valence-corrected chi connectivity index (χ1v) is 7.61. The minimum atomic E-state index is -0.333. The fraction of sp³-hybridized carbons (Fsp3) is 0.111. The van der Waals surface area contributed by atoms with Crippen LogP contribution in [0.5, 0.6) is 11.5 Å². The molecule has 0 unspecified atom stereocenters. The van der Waals surface area contributed by atoms with Gasteiger partial charge in [0.25, 0.3) is 0 Å². The van der Waals surface area contributed by atoms with Crippen LogP contribution in [0, 0.1) is 5.82 Å². The lowest BCUT2D eigenvalue weighted by atomic mass is 10.1. The van der Waals surface area contributed by atoms with E-state index in [-0.39, 0.29) is 5.82 Å². The van der Waals surface area contributed by atoms with Crippen molar-refractivity contribution in [2.24, 2.45) is 0 Å². The quantitative estimate of drug-likeness (QED) is 0.588. The summed E-state index contributed by atoms with van der Waals surface area (Å²) in [4.78, 5) is 4.54. The van der Waals surface area contributed by atoms with Crippen LogP contribution < -0.4 is 14.8 Å². The molecule has 0 saturated carbocycles. The third-order valence-corrected chi connectivity index (χ3v) is 4.00. The molecule has 2 aromatic heterocycles. The van der Waals surface area contributed by atoms with Crippen LogP contribution in [0.3, 0.4) is 0 Å². The third-order valence-electron chi connectivity index (χ3n) is 4.00. The number of nitrogens with zero attached hydrogens (tertiary/aromatic N) is 2. The smallest absolute Gasteiger partial charge is 0.162 e. The third kappa shape index (κ3) is 2.59. The lowest BCUT2D eigenvalue weighted by molar-refractivity contribution is 0.355. The number of aromatic nitrogens is 3. The first-order valence-electron chi connectivity index (χ1n) is 7.61. The molecular weight excluding hydrogens is 323 g/mol.